The number of nitrogens with two attached hydrogens (primary N) is 1. The van der Waals surface area contributed by atoms with Gasteiger partial charge >= 0.3 is 0 Å². The molecule has 0 bridgehead atoms. The molecule has 1 rings (SSSR count). The number of hydrogen-bond acceptors (Lipinski definition) is 3. The second-order valence-electron chi connectivity index (χ2n) is 6.16. The molecule has 0 heterocycles. The van der Waals surface area contributed by atoms with Crippen LogP contribution in [0.1, 0.15) is 51.3 Å². The summed E-state index contributed by atoms with van der Waals surface area (Å²) in [5.74, 6) is 5.77. The molecular weight excluding hydrogens is 236 g/mol. The van der Waals surface area contributed by atoms with Gasteiger partial charge in [0.15, 0.2) is 0 Å². The number of methoxy groups -OCH3 is 1. The normalized spacial score (nSPS) is 15.3. The van der Waals surface area contributed by atoms with E-state index in [1.54, 1.807) is 7.11 Å². The molecule has 3 nitrogen and oxygen atoms in total. The average Bonchev–Trinajstić information content (AvgIpc) is 2.35. The van der Waals surface area contributed by atoms with Gasteiger partial charge < -0.3 is 4.74 Å². The van der Waals surface area contributed by atoms with Crippen LogP contribution >= 0.6 is 0 Å². The van der Waals surface area contributed by atoms with Gasteiger partial charge in [-0.2, -0.15) is 0 Å². The van der Waals surface area contributed by atoms with E-state index in [2.05, 4.69) is 57.4 Å². The van der Waals surface area contributed by atoms with E-state index < -0.39 is 0 Å². The Hall–Kier alpha value is -0.900. The number of rotatable bonds is 6. The minimum Gasteiger partial charge on any atom is -0.379 e. The SMILES string of the molecule is CCCc1cccc(C(NN)C(OC)C(C)(C)C)c1. The lowest BCUT2D eigenvalue weighted by molar-refractivity contribution is -0.0120. The van der Waals surface area contributed by atoms with Gasteiger partial charge in [-0.25, -0.2) is 0 Å². The van der Waals surface area contributed by atoms with Gasteiger partial charge in [0, 0.05) is 7.11 Å². The van der Waals surface area contributed by atoms with Crippen molar-refractivity contribution in [3.63, 3.8) is 0 Å². The Morgan fingerprint density at radius 3 is 2.47 bits per heavy atom. The third-order valence-electron chi connectivity index (χ3n) is 3.44. The topological polar surface area (TPSA) is 47.3 Å². The van der Waals surface area contributed by atoms with E-state index in [9.17, 15) is 0 Å². The molecule has 19 heavy (non-hydrogen) atoms. The van der Waals surface area contributed by atoms with Crippen molar-refractivity contribution in [2.24, 2.45) is 11.3 Å². The summed E-state index contributed by atoms with van der Waals surface area (Å²) >= 11 is 0. The van der Waals surface area contributed by atoms with Crippen molar-refractivity contribution in [2.45, 2.75) is 52.7 Å². The third-order valence-corrected chi connectivity index (χ3v) is 3.44. The Bertz CT molecular complexity index is 385. The fraction of sp³-hybridized carbons (Fsp3) is 0.625. The molecule has 0 radical (unpaired) electrons. The van der Waals surface area contributed by atoms with Crippen molar-refractivity contribution in [1.82, 2.24) is 5.43 Å². The van der Waals surface area contributed by atoms with Crippen LogP contribution in [0.25, 0.3) is 0 Å². The van der Waals surface area contributed by atoms with Crippen molar-refractivity contribution in [3.8, 4) is 0 Å². The smallest absolute Gasteiger partial charge is 0.0827 e. The molecule has 0 aliphatic rings. The molecule has 0 aliphatic carbocycles. The summed E-state index contributed by atoms with van der Waals surface area (Å²) in [6, 6.07) is 8.61. The zero-order valence-corrected chi connectivity index (χ0v) is 12.9. The number of hydrazine groups is 1. The van der Waals surface area contributed by atoms with Crippen molar-refractivity contribution >= 4 is 0 Å². The molecule has 3 heteroatoms. The van der Waals surface area contributed by atoms with Crippen LogP contribution in [0.5, 0.6) is 0 Å². The van der Waals surface area contributed by atoms with Gasteiger partial charge in [-0.1, -0.05) is 58.4 Å². The summed E-state index contributed by atoms with van der Waals surface area (Å²) in [5, 5.41) is 0. The Kier molecular flexibility index (Phi) is 5.98. The first-order valence-corrected chi connectivity index (χ1v) is 7.01. The van der Waals surface area contributed by atoms with Crippen LogP contribution in [0.2, 0.25) is 0 Å². The van der Waals surface area contributed by atoms with Crippen LogP contribution in [-0.2, 0) is 11.2 Å². The first kappa shape index (κ1) is 16.2. The molecule has 0 saturated heterocycles. The fourth-order valence-corrected chi connectivity index (χ4v) is 2.58. The molecule has 0 amide bonds. The highest BCUT2D eigenvalue weighted by Gasteiger charge is 2.32. The molecule has 0 aliphatic heterocycles. The lowest BCUT2D eigenvalue weighted by Gasteiger charge is -2.36. The van der Waals surface area contributed by atoms with Crippen LogP contribution in [0.3, 0.4) is 0 Å². The van der Waals surface area contributed by atoms with Gasteiger partial charge in [-0.05, 0) is 23.0 Å². The van der Waals surface area contributed by atoms with E-state index in [1.807, 2.05) is 0 Å². The number of nitrogens with one attached hydrogen (secondary N) is 1. The van der Waals surface area contributed by atoms with E-state index in [1.165, 1.54) is 11.1 Å². The van der Waals surface area contributed by atoms with Crippen molar-refractivity contribution in [2.75, 3.05) is 7.11 Å². The highest BCUT2D eigenvalue weighted by atomic mass is 16.5. The molecular formula is C16H28N2O. The van der Waals surface area contributed by atoms with E-state index >= 15 is 0 Å². The fourth-order valence-electron chi connectivity index (χ4n) is 2.58. The first-order valence-electron chi connectivity index (χ1n) is 7.01. The van der Waals surface area contributed by atoms with Gasteiger partial charge in [0.05, 0.1) is 12.1 Å². The number of hydrogen-bond donors (Lipinski definition) is 2. The monoisotopic (exact) mass is 264 g/mol. The largest absolute Gasteiger partial charge is 0.379 e. The molecule has 1 aromatic carbocycles. The Labute approximate surface area is 117 Å². The maximum Gasteiger partial charge on any atom is 0.0827 e. The van der Waals surface area contributed by atoms with Gasteiger partial charge in [0.2, 0.25) is 0 Å². The second-order valence-corrected chi connectivity index (χ2v) is 6.16. The molecule has 0 aromatic heterocycles. The van der Waals surface area contributed by atoms with Crippen molar-refractivity contribution < 1.29 is 4.74 Å². The van der Waals surface area contributed by atoms with Gasteiger partial charge in [-0.15, -0.1) is 0 Å². The predicted molar refractivity (Wildman–Crippen MR) is 80.8 cm³/mol. The highest BCUT2D eigenvalue weighted by molar-refractivity contribution is 5.27. The zero-order chi connectivity index (χ0) is 14.5. The summed E-state index contributed by atoms with van der Waals surface area (Å²) < 4.78 is 5.68. The summed E-state index contributed by atoms with van der Waals surface area (Å²) in [5.41, 5.74) is 5.48. The van der Waals surface area contributed by atoms with Crippen LogP contribution in [0, 0.1) is 5.41 Å². The summed E-state index contributed by atoms with van der Waals surface area (Å²) in [7, 11) is 1.75. The first-order chi connectivity index (χ1) is 8.93. The minimum absolute atomic E-state index is 0.00167. The number of benzene rings is 1. The van der Waals surface area contributed by atoms with Crippen LogP contribution in [0.15, 0.2) is 24.3 Å². The Morgan fingerprint density at radius 1 is 1.32 bits per heavy atom. The van der Waals surface area contributed by atoms with Crippen LogP contribution in [-0.4, -0.2) is 13.2 Å². The van der Waals surface area contributed by atoms with E-state index in [-0.39, 0.29) is 17.6 Å². The minimum atomic E-state index is 0.00167. The molecule has 2 unspecified atom stereocenters. The predicted octanol–water partition coefficient (Wildman–Crippen LogP) is 3.20. The van der Waals surface area contributed by atoms with Gasteiger partial charge in [0.1, 0.15) is 0 Å². The van der Waals surface area contributed by atoms with Crippen LogP contribution in [0.4, 0.5) is 0 Å². The van der Waals surface area contributed by atoms with Crippen molar-refractivity contribution in [3.05, 3.63) is 35.4 Å². The number of ether oxygens (including phenoxy) is 1. The van der Waals surface area contributed by atoms with E-state index in [0.717, 1.165) is 12.8 Å². The quantitative estimate of drug-likeness (QED) is 0.612. The van der Waals surface area contributed by atoms with Gasteiger partial charge in [0.25, 0.3) is 0 Å². The molecule has 108 valence electrons. The van der Waals surface area contributed by atoms with Crippen LogP contribution < -0.4 is 11.3 Å². The second kappa shape index (κ2) is 7.04. The summed E-state index contributed by atoms with van der Waals surface area (Å²) in [6.07, 6.45) is 2.27. The molecule has 1 aromatic rings. The van der Waals surface area contributed by atoms with E-state index in [0.29, 0.717) is 0 Å². The summed E-state index contributed by atoms with van der Waals surface area (Å²) in [4.78, 5) is 0. The highest BCUT2D eigenvalue weighted by Crippen LogP contribution is 2.32. The average molecular weight is 264 g/mol. The zero-order valence-electron chi connectivity index (χ0n) is 12.9. The Balaban J connectivity index is 3.04. The maximum absolute atomic E-state index is 5.77. The standard InChI is InChI=1S/C16H28N2O/c1-6-8-12-9-7-10-13(11-12)14(18-17)15(19-5)16(2,3)4/h7,9-11,14-15,18H,6,8,17H2,1-5H3. The third kappa shape index (κ3) is 4.30. The lowest BCUT2D eigenvalue weighted by Crippen LogP contribution is -2.44. The summed E-state index contributed by atoms with van der Waals surface area (Å²) in [6.45, 7) is 8.70. The van der Waals surface area contributed by atoms with E-state index in [4.69, 9.17) is 10.6 Å². The van der Waals surface area contributed by atoms with Gasteiger partial charge in [-0.3, -0.25) is 11.3 Å². The number of aryl methyl sites for hydroxylation is 1. The molecule has 0 spiro atoms. The van der Waals surface area contributed by atoms with Crippen molar-refractivity contribution in [1.29, 1.82) is 0 Å². The molecule has 0 saturated carbocycles. The molecule has 2 atom stereocenters. The molecule has 3 N–H and O–H groups in total. The maximum atomic E-state index is 5.77. The Morgan fingerprint density at radius 2 is 2.00 bits per heavy atom. The lowest BCUT2D eigenvalue weighted by atomic mass is 9.82. The molecule has 0 fully saturated rings.